The normalized spacial score (nSPS) is 21.3. The predicted molar refractivity (Wildman–Crippen MR) is 181 cm³/mol. The first-order chi connectivity index (χ1) is 24.8. The summed E-state index contributed by atoms with van der Waals surface area (Å²) in [6.07, 6.45) is 4.70. The third kappa shape index (κ3) is 4.58. The van der Waals surface area contributed by atoms with Crippen molar-refractivity contribution in [1.29, 1.82) is 0 Å². The van der Waals surface area contributed by atoms with Gasteiger partial charge in [0.25, 0.3) is 11.8 Å². The molecule has 2 saturated heterocycles. The molecule has 5 aliphatic rings. The largest absolute Gasteiger partial charge is 0.490 e. The van der Waals surface area contributed by atoms with Crippen LogP contribution in [0.2, 0.25) is 0 Å². The number of anilines is 1. The fourth-order valence-corrected chi connectivity index (χ4v) is 9.60. The number of benzene rings is 2. The molecule has 1 atom stereocenters. The first-order valence-electron chi connectivity index (χ1n) is 16.7. The van der Waals surface area contributed by atoms with Crippen molar-refractivity contribution in [2.45, 2.75) is 43.7 Å². The Kier molecular flexibility index (Phi) is 6.54. The van der Waals surface area contributed by atoms with E-state index in [1.54, 1.807) is 18.3 Å². The lowest BCUT2D eigenvalue weighted by Crippen LogP contribution is -2.40. The van der Waals surface area contributed by atoms with E-state index in [0.717, 1.165) is 45.1 Å². The van der Waals surface area contributed by atoms with Gasteiger partial charge in [0.05, 0.1) is 45.4 Å². The maximum atomic E-state index is 14.6. The van der Waals surface area contributed by atoms with Crippen molar-refractivity contribution >= 4 is 33.1 Å². The Bertz CT molecular complexity index is 2490. The molecule has 14 heteroatoms. The minimum atomic E-state index is -0.761. The summed E-state index contributed by atoms with van der Waals surface area (Å²) in [5, 5.41) is 10.8. The lowest BCUT2D eigenvalue weighted by Gasteiger charge is -2.37. The Morgan fingerprint density at radius 2 is 1.84 bits per heavy atom. The highest BCUT2D eigenvalue weighted by atomic mass is 32.1. The molecule has 0 radical (unpaired) electrons. The number of nitrogens with one attached hydrogen (secondary N) is 2. The highest BCUT2D eigenvalue weighted by Gasteiger charge is 2.65. The number of nitrogens with zero attached hydrogens (tertiary/aromatic N) is 4. The second kappa shape index (κ2) is 11.0. The van der Waals surface area contributed by atoms with Crippen molar-refractivity contribution < 1.29 is 27.1 Å². The fourth-order valence-electron chi connectivity index (χ4n) is 8.43. The van der Waals surface area contributed by atoms with E-state index < -0.39 is 29.0 Å². The number of fused-ring (bicyclic) bond motifs is 3. The number of hydrogen-bond donors (Lipinski definition) is 2. The first kappa shape index (κ1) is 30.3. The van der Waals surface area contributed by atoms with Gasteiger partial charge in [0.2, 0.25) is 0 Å². The van der Waals surface area contributed by atoms with Crippen LogP contribution in [-0.2, 0) is 18.4 Å². The molecule has 0 unspecified atom stereocenters. The van der Waals surface area contributed by atoms with Crippen LogP contribution in [0.4, 0.5) is 19.0 Å². The van der Waals surface area contributed by atoms with Crippen LogP contribution in [0.1, 0.15) is 58.2 Å². The van der Waals surface area contributed by atoms with Crippen LogP contribution in [0.15, 0.2) is 63.9 Å². The third-order valence-corrected chi connectivity index (χ3v) is 11.8. The molecule has 6 aromatic rings. The summed E-state index contributed by atoms with van der Waals surface area (Å²) >= 11 is 1.40. The maximum absolute atomic E-state index is 14.6. The van der Waals surface area contributed by atoms with E-state index in [0.29, 0.717) is 65.5 Å². The number of carbonyl (C=O) groups excluding carboxylic acids is 1. The quantitative estimate of drug-likeness (QED) is 0.183. The molecule has 2 bridgehead atoms. The van der Waals surface area contributed by atoms with Gasteiger partial charge in [-0.3, -0.25) is 9.78 Å². The van der Waals surface area contributed by atoms with Gasteiger partial charge in [-0.15, -0.1) is 16.4 Å². The van der Waals surface area contributed by atoms with Crippen LogP contribution >= 0.6 is 11.3 Å². The standard InChI is InChI=1S/C37H27F3N6O4S/c38-20-4-1-17(2-5-20)3-6-25-27(34-44-45-36(48)50-34)28(29-32(42-25)37-14-18(15-37)16-46(37)35(29)47)26-11-19-7-9-41-33(31(19)51-26)43-24-8-10-49-30-22(24)12-21(39)13-23(30)40/h1-2,4-5,7,9,11-13,18,24H,3,6,8,10,14-16H2,(H,41,43)(H,45,48)/t18?,24-,37?/m0/s1. The Labute approximate surface area is 291 Å². The third-order valence-electron chi connectivity index (χ3n) is 10.7. The zero-order valence-electron chi connectivity index (χ0n) is 26.8. The number of carbonyl (C=O) groups is 1. The second-order valence-corrected chi connectivity index (χ2v) is 14.7. The molecule has 4 aromatic heterocycles. The van der Waals surface area contributed by atoms with Crippen LogP contribution < -0.4 is 15.8 Å². The summed E-state index contributed by atoms with van der Waals surface area (Å²) in [6.45, 7) is 0.896. The average molecular weight is 709 g/mol. The number of hydrogen-bond acceptors (Lipinski definition) is 9. The lowest BCUT2D eigenvalue weighted by molar-refractivity contribution is 0.0637. The van der Waals surface area contributed by atoms with Gasteiger partial charge < -0.3 is 19.4 Å². The summed E-state index contributed by atoms with van der Waals surface area (Å²) in [6, 6.07) is 11.7. The average Bonchev–Trinajstić information content (AvgIpc) is 3.92. The lowest BCUT2D eigenvalue weighted by atomic mass is 9.71. The number of H-pyrrole nitrogens is 1. The van der Waals surface area contributed by atoms with Crippen molar-refractivity contribution in [1.82, 2.24) is 25.1 Å². The molecule has 11 rings (SSSR count). The molecule has 256 valence electrons. The highest BCUT2D eigenvalue weighted by molar-refractivity contribution is 7.23. The summed E-state index contributed by atoms with van der Waals surface area (Å²) in [5.74, 6) is -1.69. The summed E-state index contributed by atoms with van der Waals surface area (Å²) in [5.41, 5.74) is 3.61. The number of pyridine rings is 2. The van der Waals surface area contributed by atoms with E-state index in [-0.39, 0.29) is 30.0 Å². The topological polar surface area (TPSA) is 126 Å². The summed E-state index contributed by atoms with van der Waals surface area (Å²) in [7, 11) is 0. The zero-order valence-corrected chi connectivity index (χ0v) is 27.6. The molecule has 51 heavy (non-hydrogen) atoms. The Morgan fingerprint density at radius 1 is 1.00 bits per heavy atom. The molecule has 8 heterocycles. The van der Waals surface area contributed by atoms with Crippen LogP contribution in [0, 0.1) is 23.4 Å². The maximum Gasteiger partial charge on any atom is 0.434 e. The SMILES string of the molecule is O=C1c2c(nc(CCc3ccc(F)cc3)c(-c3n[nH]c(=O)o3)c2-c2cc3ccnc(N[C@H]4CCOc5c(F)cc(F)cc54)c3s2)C23CC(CN12)C3. The minimum absolute atomic E-state index is 0.0139. The van der Waals surface area contributed by atoms with Gasteiger partial charge in [0, 0.05) is 41.2 Å². The van der Waals surface area contributed by atoms with E-state index in [1.807, 2.05) is 17.0 Å². The number of amides is 1. The van der Waals surface area contributed by atoms with E-state index in [9.17, 15) is 22.8 Å². The predicted octanol–water partition coefficient (Wildman–Crippen LogP) is 6.91. The van der Waals surface area contributed by atoms with Gasteiger partial charge in [-0.1, -0.05) is 12.1 Å². The van der Waals surface area contributed by atoms with Gasteiger partial charge >= 0.3 is 5.76 Å². The molecular weight excluding hydrogens is 682 g/mol. The van der Waals surface area contributed by atoms with E-state index in [4.69, 9.17) is 14.1 Å². The van der Waals surface area contributed by atoms with Crippen LogP contribution in [0.25, 0.3) is 32.0 Å². The molecule has 2 N–H and O–H groups in total. The van der Waals surface area contributed by atoms with Crippen molar-refractivity contribution in [2.24, 2.45) is 5.92 Å². The monoisotopic (exact) mass is 708 g/mol. The second-order valence-electron chi connectivity index (χ2n) is 13.6. The van der Waals surface area contributed by atoms with Gasteiger partial charge in [-0.2, -0.15) is 0 Å². The minimum Gasteiger partial charge on any atom is -0.490 e. The van der Waals surface area contributed by atoms with Crippen molar-refractivity contribution in [2.75, 3.05) is 18.5 Å². The van der Waals surface area contributed by atoms with Gasteiger partial charge in [-0.05, 0) is 72.9 Å². The molecule has 3 fully saturated rings. The van der Waals surface area contributed by atoms with Gasteiger partial charge in [-0.25, -0.2) is 28.0 Å². The molecular formula is C37H27F3N6O4S. The van der Waals surface area contributed by atoms with Crippen molar-refractivity contribution in [3.8, 4) is 27.6 Å². The molecule has 10 nitrogen and oxygen atoms in total. The van der Waals surface area contributed by atoms with Crippen molar-refractivity contribution in [3.63, 3.8) is 0 Å². The zero-order chi connectivity index (χ0) is 34.6. The molecule has 1 amide bonds. The molecule has 1 spiro atoms. The van der Waals surface area contributed by atoms with E-state index in [2.05, 4.69) is 20.5 Å². The Morgan fingerprint density at radius 3 is 2.65 bits per heavy atom. The molecule has 1 saturated carbocycles. The number of aryl methyl sites for hydroxylation is 2. The van der Waals surface area contributed by atoms with Crippen LogP contribution in [-0.4, -0.2) is 44.1 Å². The summed E-state index contributed by atoms with van der Waals surface area (Å²) < 4.78 is 54.6. The van der Waals surface area contributed by atoms with Crippen molar-refractivity contribution in [3.05, 3.63) is 111 Å². The number of aromatic amines is 1. The van der Waals surface area contributed by atoms with Gasteiger partial charge in [0.1, 0.15) is 17.5 Å². The highest BCUT2D eigenvalue weighted by Crippen LogP contribution is 2.63. The first-order valence-corrected chi connectivity index (χ1v) is 17.5. The number of thiophene rings is 1. The number of halogens is 3. The summed E-state index contributed by atoms with van der Waals surface area (Å²) in [4.78, 5) is 39.2. The van der Waals surface area contributed by atoms with Crippen LogP contribution in [0.3, 0.4) is 0 Å². The smallest absolute Gasteiger partial charge is 0.434 e. The molecule has 1 aliphatic carbocycles. The molecule has 2 aromatic carbocycles. The Balaban J connectivity index is 1.15. The number of aromatic nitrogens is 4. The number of rotatable bonds is 7. The number of ether oxygens (including phenoxy) is 1. The molecule has 4 aliphatic heterocycles. The Hall–Kier alpha value is -5.50. The van der Waals surface area contributed by atoms with Gasteiger partial charge in [0.15, 0.2) is 11.6 Å². The van der Waals surface area contributed by atoms with E-state index >= 15 is 0 Å². The van der Waals surface area contributed by atoms with E-state index in [1.165, 1.54) is 29.5 Å². The fraction of sp³-hybridized carbons (Fsp3) is 0.270. The van der Waals surface area contributed by atoms with Crippen LogP contribution in [0.5, 0.6) is 5.75 Å².